The number of thiophene rings is 1. The number of amides is 1. The Morgan fingerprint density at radius 3 is 2.68 bits per heavy atom. The fourth-order valence-corrected chi connectivity index (χ4v) is 3.81. The number of thioether (sulfide) groups is 2. The van der Waals surface area contributed by atoms with Crippen molar-refractivity contribution in [1.29, 1.82) is 0 Å². The van der Waals surface area contributed by atoms with E-state index in [2.05, 4.69) is 17.4 Å². The Hall–Kier alpha value is -0.910. The number of hydrogen-bond donors (Lipinski definition) is 1. The molecule has 0 aliphatic carbocycles. The monoisotopic (exact) mass is 309 g/mol. The van der Waals surface area contributed by atoms with E-state index in [1.807, 2.05) is 35.7 Å². The zero-order chi connectivity index (χ0) is 13.3. The van der Waals surface area contributed by atoms with Crippen molar-refractivity contribution in [1.82, 2.24) is 5.32 Å². The number of benzene rings is 1. The molecule has 1 aromatic carbocycles. The third kappa shape index (κ3) is 5.72. The normalized spacial score (nSPS) is 10.3. The molecule has 2 aromatic rings. The molecule has 0 spiro atoms. The number of hydrogen-bond acceptors (Lipinski definition) is 4. The molecular formula is C14H15NOS3. The summed E-state index contributed by atoms with van der Waals surface area (Å²) in [4.78, 5) is 12.9. The summed E-state index contributed by atoms with van der Waals surface area (Å²) in [6, 6.07) is 14.3. The van der Waals surface area contributed by atoms with Crippen LogP contribution in [0.15, 0.2) is 56.9 Å². The Morgan fingerprint density at radius 1 is 1.11 bits per heavy atom. The van der Waals surface area contributed by atoms with Crippen molar-refractivity contribution in [3.63, 3.8) is 0 Å². The van der Waals surface area contributed by atoms with Crippen molar-refractivity contribution >= 4 is 40.8 Å². The molecule has 5 heteroatoms. The predicted octanol–water partition coefficient (Wildman–Crippen LogP) is 3.75. The number of nitrogens with one attached hydrogen (secondary N) is 1. The Balaban J connectivity index is 1.57. The van der Waals surface area contributed by atoms with Crippen LogP contribution in [0.25, 0.3) is 0 Å². The molecular weight excluding hydrogens is 294 g/mol. The van der Waals surface area contributed by atoms with Crippen molar-refractivity contribution < 1.29 is 4.79 Å². The molecule has 0 atom stereocenters. The first-order valence-corrected chi connectivity index (χ1v) is 8.80. The van der Waals surface area contributed by atoms with Gasteiger partial charge < -0.3 is 5.32 Å². The van der Waals surface area contributed by atoms with Crippen LogP contribution in [-0.2, 0) is 4.79 Å². The lowest BCUT2D eigenvalue weighted by Crippen LogP contribution is -2.27. The molecule has 1 amide bonds. The van der Waals surface area contributed by atoms with Gasteiger partial charge in [0.25, 0.3) is 0 Å². The third-order valence-corrected chi connectivity index (χ3v) is 5.42. The van der Waals surface area contributed by atoms with Crippen molar-refractivity contribution in [3.8, 4) is 0 Å². The fourth-order valence-electron chi connectivity index (χ4n) is 1.41. The molecule has 1 aromatic heterocycles. The van der Waals surface area contributed by atoms with E-state index in [1.54, 1.807) is 34.9 Å². The van der Waals surface area contributed by atoms with Gasteiger partial charge in [-0.1, -0.05) is 24.3 Å². The Labute approximate surface area is 126 Å². The van der Waals surface area contributed by atoms with E-state index in [0.29, 0.717) is 12.3 Å². The number of carbonyl (C=O) groups is 1. The molecule has 1 N–H and O–H groups in total. The second-order valence-corrected chi connectivity index (χ2v) is 7.12. The van der Waals surface area contributed by atoms with Crippen LogP contribution in [0.3, 0.4) is 0 Å². The van der Waals surface area contributed by atoms with E-state index in [0.717, 1.165) is 5.75 Å². The van der Waals surface area contributed by atoms with Crippen LogP contribution >= 0.6 is 34.9 Å². The lowest BCUT2D eigenvalue weighted by molar-refractivity contribution is -0.118. The quantitative estimate of drug-likeness (QED) is 0.624. The maximum Gasteiger partial charge on any atom is 0.230 e. The molecule has 0 saturated carbocycles. The molecule has 0 aliphatic rings. The summed E-state index contributed by atoms with van der Waals surface area (Å²) in [6.07, 6.45) is 0. The second kappa shape index (κ2) is 8.30. The van der Waals surface area contributed by atoms with E-state index >= 15 is 0 Å². The van der Waals surface area contributed by atoms with Gasteiger partial charge in [0.2, 0.25) is 5.91 Å². The van der Waals surface area contributed by atoms with Gasteiger partial charge in [-0.2, -0.15) is 0 Å². The van der Waals surface area contributed by atoms with E-state index in [9.17, 15) is 4.79 Å². The minimum Gasteiger partial charge on any atom is -0.355 e. The molecule has 0 unspecified atom stereocenters. The fraction of sp³-hybridized carbons (Fsp3) is 0.214. The van der Waals surface area contributed by atoms with Crippen molar-refractivity contribution in [2.24, 2.45) is 0 Å². The van der Waals surface area contributed by atoms with E-state index in [4.69, 9.17) is 0 Å². The van der Waals surface area contributed by atoms with Crippen LogP contribution in [0, 0.1) is 0 Å². The highest BCUT2D eigenvalue weighted by Crippen LogP contribution is 2.22. The van der Waals surface area contributed by atoms with Crippen molar-refractivity contribution in [2.75, 3.05) is 18.1 Å². The average molecular weight is 309 g/mol. The van der Waals surface area contributed by atoms with Gasteiger partial charge >= 0.3 is 0 Å². The zero-order valence-corrected chi connectivity index (χ0v) is 12.8. The lowest BCUT2D eigenvalue weighted by atomic mass is 10.4. The molecule has 1 heterocycles. The zero-order valence-electron chi connectivity index (χ0n) is 10.4. The van der Waals surface area contributed by atoms with Crippen LogP contribution in [0.4, 0.5) is 0 Å². The van der Waals surface area contributed by atoms with E-state index in [-0.39, 0.29) is 5.91 Å². The van der Waals surface area contributed by atoms with Crippen LogP contribution in [0.2, 0.25) is 0 Å². The van der Waals surface area contributed by atoms with Crippen molar-refractivity contribution in [3.05, 3.63) is 47.8 Å². The molecule has 0 radical (unpaired) electrons. The summed E-state index contributed by atoms with van der Waals surface area (Å²) in [5, 5.41) is 4.96. The summed E-state index contributed by atoms with van der Waals surface area (Å²) in [7, 11) is 0. The average Bonchev–Trinajstić information content (AvgIpc) is 2.96. The lowest BCUT2D eigenvalue weighted by Gasteiger charge is -2.04. The van der Waals surface area contributed by atoms with Gasteiger partial charge in [-0.15, -0.1) is 34.9 Å². The molecule has 19 heavy (non-hydrogen) atoms. The summed E-state index contributed by atoms with van der Waals surface area (Å²) in [5.74, 6) is 1.50. The standard InChI is InChI=1S/C14H15NOS3/c16-13(11-19-14-7-4-9-18-14)15-8-10-17-12-5-2-1-3-6-12/h1-7,9H,8,10-11H2,(H,15,16). The minimum absolute atomic E-state index is 0.104. The van der Waals surface area contributed by atoms with Gasteiger partial charge in [0, 0.05) is 17.2 Å². The molecule has 2 nitrogen and oxygen atoms in total. The first-order chi connectivity index (χ1) is 9.34. The van der Waals surface area contributed by atoms with Crippen LogP contribution in [-0.4, -0.2) is 24.0 Å². The Morgan fingerprint density at radius 2 is 1.95 bits per heavy atom. The van der Waals surface area contributed by atoms with Crippen LogP contribution in [0.5, 0.6) is 0 Å². The topological polar surface area (TPSA) is 29.1 Å². The number of carbonyl (C=O) groups excluding carboxylic acids is 1. The van der Waals surface area contributed by atoms with Gasteiger partial charge in [0.1, 0.15) is 0 Å². The maximum atomic E-state index is 11.6. The maximum absolute atomic E-state index is 11.6. The molecule has 100 valence electrons. The van der Waals surface area contributed by atoms with E-state index in [1.165, 1.54) is 9.10 Å². The Kier molecular flexibility index (Phi) is 6.33. The van der Waals surface area contributed by atoms with Crippen LogP contribution in [0.1, 0.15) is 0 Å². The molecule has 2 rings (SSSR count). The Bertz CT molecular complexity index is 485. The number of rotatable bonds is 7. The van der Waals surface area contributed by atoms with Gasteiger partial charge in [-0.05, 0) is 23.6 Å². The first kappa shape index (κ1) is 14.5. The first-order valence-electron chi connectivity index (χ1n) is 5.95. The largest absolute Gasteiger partial charge is 0.355 e. The van der Waals surface area contributed by atoms with Crippen LogP contribution < -0.4 is 5.32 Å². The van der Waals surface area contributed by atoms with E-state index < -0.39 is 0 Å². The van der Waals surface area contributed by atoms with Gasteiger partial charge in [0.05, 0.1) is 9.96 Å². The van der Waals surface area contributed by atoms with Gasteiger partial charge in [0.15, 0.2) is 0 Å². The van der Waals surface area contributed by atoms with Gasteiger partial charge in [-0.3, -0.25) is 4.79 Å². The second-order valence-electron chi connectivity index (χ2n) is 3.73. The summed E-state index contributed by atoms with van der Waals surface area (Å²) < 4.78 is 1.19. The molecule has 0 bridgehead atoms. The highest BCUT2D eigenvalue weighted by atomic mass is 32.2. The highest BCUT2D eigenvalue weighted by Gasteiger charge is 2.02. The summed E-state index contributed by atoms with van der Waals surface area (Å²) in [6.45, 7) is 0.712. The SMILES string of the molecule is O=C(CSc1cccs1)NCCSc1ccccc1. The highest BCUT2D eigenvalue weighted by molar-refractivity contribution is 8.01. The molecule has 0 saturated heterocycles. The summed E-state index contributed by atoms with van der Waals surface area (Å²) in [5.41, 5.74) is 0. The van der Waals surface area contributed by atoms with Gasteiger partial charge in [-0.25, -0.2) is 0 Å². The minimum atomic E-state index is 0.104. The smallest absolute Gasteiger partial charge is 0.230 e. The predicted molar refractivity (Wildman–Crippen MR) is 85.2 cm³/mol. The molecule has 0 fully saturated rings. The third-order valence-electron chi connectivity index (χ3n) is 2.28. The molecule has 0 aliphatic heterocycles. The van der Waals surface area contributed by atoms with Crippen molar-refractivity contribution in [2.45, 2.75) is 9.10 Å². The summed E-state index contributed by atoms with van der Waals surface area (Å²) >= 11 is 5.02.